The highest BCUT2D eigenvalue weighted by molar-refractivity contribution is 5.97. The lowest BCUT2D eigenvalue weighted by atomic mass is 9.94. The Kier molecular flexibility index (Phi) is 5.67. The zero-order valence-electron chi connectivity index (χ0n) is 10.6. The molecule has 1 aliphatic rings. The van der Waals surface area contributed by atoms with Crippen molar-refractivity contribution in [3.63, 3.8) is 0 Å². The Bertz CT molecular complexity index is 339. The summed E-state index contributed by atoms with van der Waals surface area (Å²) in [4.78, 5) is 23.0. The van der Waals surface area contributed by atoms with Crippen molar-refractivity contribution in [3.05, 3.63) is 23.8 Å². The molecule has 1 unspecified atom stereocenters. The summed E-state index contributed by atoms with van der Waals surface area (Å²) in [5.41, 5.74) is 1.21. The fourth-order valence-corrected chi connectivity index (χ4v) is 1.89. The summed E-state index contributed by atoms with van der Waals surface area (Å²) in [5.74, 6) is -1.10. The Hall–Kier alpha value is -1.38. The Morgan fingerprint density at radius 1 is 1.41 bits per heavy atom. The summed E-state index contributed by atoms with van der Waals surface area (Å²) in [5, 5.41) is 0. The zero-order valence-corrected chi connectivity index (χ0v) is 10.6. The summed E-state index contributed by atoms with van der Waals surface area (Å²) in [7, 11) is 0. The molecule has 0 N–H and O–H groups in total. The first-order chi connectivity index (χ1) is 8.15. The number of hydrogen-bond donors (Lipinski definition) is 0. The van der Waals surface area contributed by atoms with Gasteiger partial charge in [0.1, 0.15) is 11.7 Å². The second-order valence-corrected chi connectivity index (χ2v) is 4.21. The molecule has 0 bridgehead atoms. The highest BCUT2D eigenvalue weighted by Crippen LogP contribution is 2.19. The van der Waals surface area contributed by atoms with Crippen LogP contribution in [0.3, 0.4) is 0 Å². The van der Waals surface area contributed by atoms with Gasteiger partial charge in [-0.25, -0.2) is 0 Å². The van der Waals surface area contributed by atoms with E-state index in [0.717, 1.165) is 19.3 Å². The number of carbonyl (C=O) groups is 2. The molecule has 1 rings (SSSR count). The summed E-state index contributed by atoms with van der Waals surface area (Å²) in [6.07, 6.45) is 9.81. The number of esters is 1. The van der Waals surface area contributed by atoms with E-state index in [1.807, 2.05) is 0 Å². The van der Waals surface area contributed by atoms with Crippen LogP contribution in [0.5, 0.6) is 0 Å². The number of hydrogen-bond acceptors (Lipinski definition) is 3. The Balaban J connectivity index is 2.49. The van der Waals surface area contributed by atoms with Crippen LogP contribution in [0.15, 0.2) is 23.8 Å². The summed E-state index contributed by atoms with van der Waals surface area (Å²) in [6, 6.07) is 0. The average Bonchev–Trinajstić information content (AvgIpc) is 2.30. The van der Waals surface area contributed by atoms with Gasteiger partial charge in [0.2, 0.25) is 0 Å². The number of rotatable bonds is 6. The maximum atomic E-state index is 11.6. The van der Waals surface area contributed by atoms with Crippen molar-refractivity contribution < 1.29 is 14.3 Å². The fourth-order valence-electron chi connectivity index (χ4n) is 1.89. The van der Waals surface area contributed by atoms with Crippen molar-refractivity contribution >= 4 is 11.8 Å². The van der Waals surface area contributed by atoms with Gasteiger partial charge in [-0.1, -0.05) is 23.8 Å². The van der Waals surface area contributed by atoms with Gasteiger partial charge in [-0.2, -0.15) is 0 Å². The minimum Gasteiger partial charge on any atom is -0.465 e. The smallest absolute Gasteiger partial charge is 0.316 e. The predicted octanol–water partition coefficient (Wildman–Crippen LogP) is 2.81. The molecular weight excluding hydrogens is 216 g/mol. The molecule has 0 spiro atoms. The molecule has 1 atom stereocenters. The quantitative estimate of drug-likeness (QED) is 0.526. The molecular formula is C14H20O3. The van der Waals surface area contributed by atoms with Crippen LogP contribution in [0, 0.1) is 5.92 Å². The molecule has 3 heteroatoms. The van der Waals surface area contributed by atoms with Crippen LogP contribution in [0.25, 0.3) is 0 Å². The molecule has 94 valence electrons. The molecule has 0 aromatic rings. The molecule has 0 radical (unpaired) electrons. The number of ketones is 1. The van der Waals surface area contributed by atoms with Crippen LogP contribution in [0.2, 0.25) is 0 Å². The maximum Gasteiger partial charge on any atom is 0.316 e. The number of allylic oxidation sites excluding steroid dienone is 4. The lowest BCUT2D eigenvalue weighted by molar-refractivity contribution is -0.151. The van der Waals surface area contributed by atoms with Crippen molar-refractivity contribution in [1.82, 2.24) is 0 Å². The summed E-state index contributed by atoms with van der Waals surface area (Å²) >= 11 is 0. The van der Waals surface area contributed by atoms with Crippen LogP contribution in [-0.4, -0.2) is 18.4 Å². The maximum absolute atomic E-state index is 11.6. The fraction of sp³-hybridized carbons (Fsp3) is 0.571. The molecule has 1 aliphatic carbocycles. The van der Waals surface area contributed by atoms with E-state index >= 15 is 0 Å². The van der Waals surface area contributed by atoms with Crippen LogP contribution < -0.4 is 0 Å². The Labute approximate surface area is 103 Å². The first-order valence-corrected chi connectivity index (χ1v) is 6.17. The molecule has 0 aliphatic heterocycles. The first-order valence-electron chi connectivity index (χ1n) is 6.17. The highest BCUT2D eigenvalue weighted by Gasteiger charge is 2.24. The predicted molar refractivity (Wildman–Crippen MR) is 66.5 cm³/mol. The molecule has 0 fully saturated rings. The van der Waals surface area contributed by atoms with Gasteiger partial charge in [0.25, 0.3) is 0 Å². The van der Waals surface area contributed by atoms with Crippen molar-refractivity contribution in [1.29, 1.82) is 0 Å². The van der Waals surface area contributed by atoms with E-state index < -0.39 is 5.92 Å². The van der Waals surface area contributed by atoms with E-state index in [4.69, 9.17) is 4.74 Å². The largest absolute Gasteiger partial charge is 0.465 e. The monoisotopic (exact) mass is 236 g/mol. The Morgan fingerprint density at radius 3 is 2.71 bits per heavy atom. The van der Waals surface area contributed by atoms with E-state index in [1.54, 1.807) is 6.92 Å². The average molecular weight is 236 g/mol. The third-order valence-electron chi connectivity index (χ3n) is 2.86. The Morgan fingerprint density at radius 2 is 2.18 bits per heavy atom. The summed E-state index contributed by atoms with van der Waals surface area (Å²) in [6.45, 7) is 3.53. The topological polar surface area (TPSA) is 43.4 Å². The molecule has 0 aromatic heterocycles. The van der Waals surface area contributed by atoms with Crippen molar-refractivity contribution in [2.75, 3.05) is 6.61 Å². The van der Waals surface area contributed by atoms with Gasteiger partial charge in [0, 0.05) is 0 Å². The standard InChI is InChI=1S/C14H20O3/c1-3-17-14(16)13(11(2)15)10-9-12-7-5-4-6-8-12/h5,7-8,13H,3-4,6,9-10H2,1-2H3. The van der Waals surface area contributed by atoms with E-state index in [2.05, 4.69) is 18.2 Å². The van der Waals surface area contributed by atoms with Crippen LogP contribution in [-0.2, 0) is 14.3 Å². The van der Waals surface area contributed by atoms with Gasteiger partial charge < -0.3 is 4.74 Å². The minimum absolute atomic E-state index is 0.108. The van der Waals surface area contributed by atoms with Crippen LogP contribution >= 0.6 is 0 Å². The third kappa shape index (κ3) is 4.55. The van der Waals surface area contributed by atoms with E-state index in [-0.39, 0.29) is 11.8 Å². The number of carbonyl (C=O) groups excluding carboxylic acids is 2. The van der Waals surface area contributed by atoms with Gasteiger partial charge >= 0.3 is 5.97 Å². The highest BCUT2D eigenvalue weighted by atomic mass is 16.5. The molecule has 17 heavy (non-hydrogen) atoms. The zero-order chi connectivity index (χ0) is 12.7. The molecule has 0 aromatic carbocycles. The van der Waals surface area contributed by atoms with E-state index in [0.29, 0.717) is 13.0 Å². The van der Waals surface area contributed by atoms with Gasteiger partial charge in [-0.05, 0) is 39.5 Å². The van der Waals surface area contributed by atoms with Gasteiger partial charge in [-0.3, -0.25) is 9.59 Å². The van der Waals surface area contributed by atoms with Crippen LogP contribution in [0.4, 0.5) is 0 Å². The SMILES string of the molecule is CCOC(=O)C(CCC1=CCCC=C1)C(C)=O. The van der Waals surface area contributed by atoms with Crippen LogP contribution in [0.1, 0.15) is 39.5 Å². The minimum atomic E-state index is -0.605. The van der Waals surface area contributed by atoms with Gasteiger partial charge in [0.05, 0.1) is 6.61 Å². The molecule has 0 amide bonds. The molecule has 3 nitrogen and oxygen atoms in total. The van der Waals surface area contributed by atoms with Gasteiger partial charge in [-0.15, -0.1) is 0 Å². The number of Topliss-reactive ketones (excluding diaryl/α,β-unsaturated/α-hetero) is 1. The van der Waals surface area contributed by atoms with Crippen molar-refractivity contribution in [2.24, 2.45) is 5.92 Å². The van der Waals surface area contributed by atoms with Crippen molar-refractivity contribution in [2.45, 2.75) is 39.5 Å². The second kappa shape index (κ2) is 7.05. The van der Waals surface area contributed by atoms with E-state index in [9.17, 15) is 9.59 Å². The molecule has 0 heterocycles. The van der Waals surface area contributed by atoms with Crippen molar-refractivity contribution in [3.8, 4) is 0 Å². The summed E-state index contributed by atoms with van der Waals surface area (Å²) < 4.78 is 4.91. The molecule has 0 saturated heterocycles. The van der Waals surface area contributed by atoms with E-state index in [1.165, 1.54) is 12.5 Å². The second-order valence-electron chi connectivity index (χ2n) is 4.21. The van der Waals surface area contributed by atoms with Gasteiger partial charge in [0.15, 0.2) is 0 Å². The molecule has 0 saturated carbocycles. The number of ether oxygens (including phenoxy) is 1. The normalized spacial score (nSPS) is 16.2. The third-order valence-corrected chi connectivity index (χ3v) is 2.86. The lowest BCUT2D eigenvalue weighted by Crippen LogP contribution is -2.24. The lowest BCUT2D eigenvalue weighted by Gasteiger charge is -2.13. The first kappa shape index (κ1) is 13.7.